The Bertz CT molecular complexity index is 1050. The van der Waals surface area contributed by atoms with E-state index in [-0.39, 0.29) is 24.4 Å². The number of fused-ring (bicyclic) bond motifs is 2. The lowest BCUT2D eigenvalue weighted by Crippen LogP contribution is -2.40. The molecule has 0 fully saturated rings. The van der Waals surface area contributed by atoms with Crippen LogP contribution in [-0.4, -0.2) is 34.7 Å². The maximum atomic E-state index is 13.7. The van der Waals surface area contributed by atoms with Gasteiger partial charge in [0.2, 0.25) is 0 Å². The molecule has 6 nitrogen and oxygen atoms in total. The van der Waals surface area contributed by atoms with Crippen molar-refractivity contribution in [3.8, 4) is 5.75 Å². The first kappa shape index (κ1) is 20.4. The van der Waals surface area contributed by atoms with Gasteiger partial charge in [-0.05, 0) is 35.2 Å². The second-order valence-corrected chi connectivity index (χ2v) is 7.65. The van der Waals surface area contributed by atoms with Crippen LogP contribution >= 0.6 is 12.4 Å². The highest BCUT2D eigenvalue weighted by Gasteiger charge is 2.34. The van der Waals surface area contributed by atoms with E-state index >= 15 is 0 Å². The van der Waals surface area contributed by atoms with Crippen LogP contribution in [0.5, 0.6) is 5.75 Å². The average molecular weight is 425 g/mol. The summed E-state index contributed by atoms with van der Waals surface area (Å²) in [6.07, 6.45) is 1.65. The van der Waals surface area contributed by atoms with Gasteiger partial charge in [-0.15, -0.1) is 12.4 Å². The molecule has 3 heterocycles. The van der Waals surface area contributed by atoms with Crippen LogP contribution in [-0.2, 0) is 25.9 Å². The van der Waals surface area contributed by atoms with Gasteiger partial charge in [0.15, 0.2) is 5.69 Å². The Balaban J connectivity index is 0.00000218. The van der Waals surface area contributed by atoms with Crippen LogP contribution in [0.15, 0.2) is 48.5 Å². The number of hydrogen-bond acceptors (Lipinski definition) is 4. The van der Waals surface area contributed by atoms with Crippen LogP contribution in [0.4, 0.5) is 0 Å². The lowest BCUT2D eigenvalue weighted by atomic mass is 9.89. The molecule has 0 saturated carbocycles. The normalized spacial score (nSPS) is 17.5. The van der Waals surface area contributed by atoms with Gasteiger partial charge in [0, 0.05) is 37.3 Å². The third-order valence-electron chi connectivity index (χ3n) is 6.00. The maximum absolute atomic E-state index is 13.7. The molecule has 5 rings (SSSR count). The minimum Gasteiger partial charge on any atom is -0.497 e. The summed E-state index contributed by atoms with van der Waals surface area (Å²) in [5.74, 6) is 0.796. The lowest BCUT2D eigenvalue weighted by Gasteiger charge is -2.37. The molecule has 2 aliphatic heterocycles. The molecule has 1 aromatic heterocycles. The van der Waals surface area contributed by atoms with Crippen LogP contribution in [0.25, 0.3) is 0 Å². The first-order chi connectivity index (χ1) is 14.2. The van der Waals surface area contributed by atoms with Gasteiger partial charge >= 0.3 is 0 Å². The van der Waals surface area contributed by atoms with Gasteiger partial charge in [-0.2, -0.15) is 5.10 Å². The van der Waals surface area contributed by atoms with Crippen molar-refractivity contribution < 1.29 is 9.53 Å². The van der Waals surface area contributed by atoms with Crippen LogP contribution < -0.4 is 10.1 Å². The SMILES string of the molecule is COc1ccc2c(c1)CN(C(=O)c1n[nH]c3c1CNCC3)C(c1ccccc1)C2.Cl. The molecule has 1 unspecified atom stereocenters. The number of aromatic nitrogens is 2. The molecule has 2 N–H and O–H groups in total. The summed E-state index contributed by atoms with van der Waals surface area (Å²) in [6, 6.07) is 16.4. The Hall–Kier alpha value is -2.83. The minimum atomic E-state index is -0.0199. The van der Waals surface area contributed by atoms with E-state index in [0.29, 0.717) is 18.8 Å². The van der Waals surface area contributed by atoms with E-state index in [4.69, 9.17) is 4.74 Å². The first-order valence-electron chi connectivity index (χ1n) is 10.0. The Morgan fingerprint density at radius 3 is 2.80 bits per heavy atom. The number of amides is 1. The molecule has 2 aromatic carbocycles. The van der Waals surface area contributed by atoms with Crippen molar-refractivity contribution in [1.82, 2.24) is 20.4 Å². The van der Waals surface area contributed by atoms with E-state index in [1.807, 2.05) is 35.2 Å². The number of ether oxygens (including phenoxy) is 1. The number of benzene rings is 2. The number of halogens is 1. The molecule has 1 atom stereocenters. The molecular formula is C23H25ClN4O2. The van der Waals surface area contributed by atoms with Crippen molar-refractivity contribution in [2.24, 2.45) is 0 Å². The highest BCUT2D eigenvalue weighted by atomic mass is 35.5. The smallest absolute Gasteiger partial charge is 0.275 e. The monoisotopic (exact) mass is 424 g/mol. The molecule has 2 aliphatic rings. The Labute approximate surface area is 182 Å². The Morgan fingerprint density at radius 1 is 1.17 bits per heavy atom. The van der Waals surface area contributed by atoms with Crippen LogP contribution in [0.1, 0.15) is 44.5 Å². The molecule has 1 amide bonds. The quantitative estimate of drug-likeness (QED) is 0.675. The number of nitrogens with one attached hydrogen (secondary N) is 2. The number of methoxy groups -OCH3 is 1. The predicted octanol–water partition coefficient (Wildman–Crippen LogP) is 3.43. The van der Waals surface area contributed by atoms with Gasteiger partial charge in [0.1, 0.15) is 5.75 Å². The van der Waals surface area contributed by atoms with E-state index < -0.39 is 0 Å². The average Bonchev–Trinajstić information content (AvgIpc) is 3.22. The molecule has 0 saturated heterocycles. The summed E-state index contributed by atoms with van der Waals surface area (Å²) in [7, 11) is 1.67. The number of carbonyl (C=O) groups is 1. The van der Waals surface area contributed by atoms with Gasteiger partial charge in [-0.25, -0.2) is 0 Å². The van der Waals surface area contributed by atoms with Crippen LogP contribution in [0, 0.1) is 0 Å². The highest BCUT2D eigenvalue weighted by Crippen LogP contribution is 2.36. The summed E-state index contributed by atoms with van der Waals surface area (Å²) in [4.78, 5) is 15.6. The lowest BCUT2D eigenvalue weighted by molar-refractivity contribution is 0.0630. The molecule has 7 heteroatoms. The fourth-order valence-electron chi connectivity index (χ4n) is 4.41. The second kappa shape index (κ2) is 8.50. The van der Waals surface area contributed by atoms with Crippen LogP contribution in [0.2, 0.25) is 0 Å². The zero-order valence-electron chi connectivity index (χ0n) is 16.9. The Morgan fingerprint density at radius 2 is 2.00 bits per heavy atom. The fourth-order valence-corrected chi connectivity index (χ4v) is 4.41. The van der Waals surface area contributed by atoms with Crippen molar-refractivity contribution in [2.45, 2.75) is 32.0 Å². The van der Waals surface area contributed by atoms with E-state index in [9.17, 15) is 4.79 Å². The molecule has 156 valence electrons. The second-order valence-electron chi connectivity index (χ2n) is 7.65. The number of rotatable bonds is 3. The third-order valence-corrected chi connectivity index (χ3v) is 6.00. The zero-order valence-corrected chi connectivity index (χ0v) is 17.7. The molecule has 0 spiro atoms. The molecule has 0 radical (unpaired) electrons. The van der Waals surface area contributed by atoms with Crippen molar-refractivity contribution in [3.63, 3.8) is 0 Å². The van der Waals surface area contributed by atoms with Crippen molar-refractivity contribution in [1.29, 1.82) is 0 Å². The van der Waals surface area contributed by atoms with E-state index in [0.717, 1.165) is 47.5 Å². The first-order valence-corrected chi connectivity index (χ1v) is 10.0. The summed E-state index contributed by atoms with van der Waals surface area (Å²) in [5, 5.41) is 10.8. The van der Waals surface area contributed by atoms with Crippen molar-refractivity contribution in [3.05, 3.63) is 82.2 Å². The fraction of sp³-hybridized carbons (Fsp3) is 0.304. The molecule has 30 heavy (non-hydrogen) atoms. The van der Waals surface area contributed by atoms with E-state index in [1.165, 1.54) is 5.56 Å². The minimum absolute atomic E-state index is 0. The summed E-state index contributed by atoms with van der Waals surface area (Å²) in [6.45, 7) is 2.13. The molecule has 0 aliphatic carbocycles. The molecule has 3 aromatic rings. The maximum Gasteiger partial charge on any atom is 0.275 e. The van der Waals surface area contributed by atoms with Crippen molar-refractivity contribution >= 4 is 18.3 Å². The number of carbonyl (C=O) groups excluding carboxylic acids is 1. The topological polar surface area (TPSA) is 70.2 Å². The van der Waals surface area contributed by atoms with Gasteiger partial charge < -0.3 is 15.0 Å². The molecular weight excluding hydrogens is 400 g/mol. The third kappa shape index (κ3) is 3.57. The van der Waals surface area contributed by atoms with Crippen molar-refractivity contribution in [2.75, 3.05) is 13.7 Å². The van der Waals surface area contributed by atoms with Gasteiger partial charge in [0.05, 0.1) is 13.2 Å². The van der Waals surface area contributed by atoms with Gasteiger partial charge in [0.25, 0.3) is 5.91 Å². The van der Waals surface area contributed by atoms with Gasteiger partial charge in [-0.3, -0.25) is 9.89 Å². The standard InChI is InChI=1S/C23H24N4O2.ClH/c1-29-18-8-7-16-12-21(15-5-3-2-4-6-15)27(14-17(16)11-18)23(28)22-19-13-24-10-9-20(19)25-26-22;/h2-8,11,21,24H,9-10,12-14H2,1H3,(H,25,26);1H. The Kier molecular flexibility index (Phi) is 5.79. The van der Waals surface area contributed by atoms with Gasteiger partial charge in [-0.1, -0.05) is 36.4 Å². The number of aromatic amines is 1. The summed E-state index contributed by atoms with van der Waals surface area (Å²) >= 11 is 0. The summed E-state index contributed by atoms with van der Waals surface area (Å²) < 4.78 is 5.41. The number of nitrogens with zero attached hydrogens (tertiary/aromatic N) is 2. The summed E-state index contributed by atoms with van der Waals surface area (Å²) in [5.41, 5.74) is 6.15. The van der Waals surface area contributed by atoms with E-state index in [2.05, 4.69) is 33.7 Å². The number of H-pyrrole nitrogens is 1. The predicted molar refractivity (Wildman–Crippen MR) is 117 cm³/mol. The highest BCUT2D eigenvalue weighted by molar-refractivity contribution is 5.94. The number of hydrogen-bond donors (Lipinski definition) is 2. The largest absolute Gasteiger partial charge is 0.497 e. The van der Waals surface area contributed by atoms with Crippen LogP contribution in [0.3, 0.4) is 0 Å². The molecule has 0 bridgehead atoms. The zero-order chi connectivity index (χ0) is 19.8. The van der Waals surface area contributed by atoms with E-state index in [1.54, 1.807) is 7.11 Å².